The number of nitrogens with one attached hydrogen (secondary N) is 1. The largest absolute Gasteiger partial charge is 0.503 e. The second kappa shape index (κ2) is 6.09. The summed E-state index contributed by atoms with van der Waals surface area (Å²) < 4.78 is 37.4. The van der Waals surface area contributed by atoms with Crippen molar-refractivity contribution in [2.75, 3.05) is 13.1 Å². The number of nitrogens with zero attached hydrogens (tertiary/aromatic N) is 1. The van der Waals surface area contributed by atoms with E-state index in [2.05, 4.69) is 5.32 Å². The van der Waals surface area contributed by atoms with Gasteiger partial charge < -0.3 is 15.3 Å². The maximum Gasteiger partial charge on any atom is 0.406 e. The Balaban J connectivity index is 1.73. The summed E-state index contributed by atoms with van der Waals surface area (Å²) in [6.07, 6.45) is -3.15. The van der Waals surface area contributed by atoms with Crippen molar-refractivity contribution in [2.45, 2.75) is 32.0 Å². The van der Waals surface area contributed by atoms with Gasteiger partial charge in [0.2, 0.25) is 0 Å². The van der Waals surface area contributed by atoms with Crippen molar-refractivity contribution in [3.05, 3.63) is 46.2 Å². The molecule has 134 valence electrons. The van der Waals surface area contributed by atoms with Crippen molar-refractivity contribution in [3.8, 4) is 0 Å². The van der Waals surface area contributed by atoms with Crippen LogP contribution in [0, 0.1) is 6.92 Å². The fourth-order valence-electron chi connectivity index (χ4n) is 3.26. The number of halogens is 3. The summed E-state index contributed by atoms with van der Waals surface area (Å²) >= 11 is 0. The molecule has 1 aliphatic carbocycles. The topological polar surface area (TPSA) is 69.6 Å². The quantitative estimate of drug-likeness (QED) is 0.875. The number of aliphatic hydroxyl groups excluding tert-OH is 1. The van der Waals surface area contributed by atoms with E-state index in [9.17, 15) is 27.9 Å². The summed E-state index contributed by atoms with van der Waals surface area (Å²) in [6, 6.07) is 5.63. The van der Waals surface area contributed by atoms with E-state index in [-0.39, 0.29) is 11.6 Å². The predicted molar refractivity (Wildman–Crippen MR) is 82.7 cm³/mol. The number of hydrogen-bond acceptors (Lipinski definition) is 3. The van der Waals surface area contributed by atoms with Crippen molar-refractivity contribution < 1.29 is 27.9 Å². The molecule has 1 heterocycles. The molecule has 0 spiro atoms. The lowest BCUT2D eigenvalue weighted by atomic mass is 10.0. The Bertz CT molecular complexity index is 771. The van der Waals surface area contributed by atoms with Crippen molar-refractivity contribution in [1.82, 2.24) is 10.2 Å². The maximum absolute atomic E-state index is 12.5. The minimum Gasteiger partial charge on any atom is -0.503 e. The average Bonchev–Trinajstić information content (AvgIpc) is 3.02. The molecule has 1 aromatic rings. The molecule has 1 aromatic carbocycles. The van der Waals surface area contributed by atoms with E-state index in [0.29, 0.717) is 11.3 Å². The average molecular weight is 354 g/mol. The Morgan fingerprint density at radius 3 is 2.80 bits per heavy atom. The van der Waals surface area contributed by atoms with Crippen LogP contribution < -0.4 is 5.32 Å². The summed E-state index contributed by atoms with van der Waals surface area (Å²) in [5.74, 6) is -2.80. The maximum atomic E-state index is 12.5. The number of rotatable bonds is 3. The summed E-state index contributed by atoms with van der Waals surface area (Å²) in [5.41, 5.74) is 2.78. The van der Waals surface area contributed by atoms with Gasteiger partial charge in [-0.1, -0.05) is 23.8 Å². The molecule has 0 radical (unpaired) electrons. The number of hydrogen-bond donors (Lipinski definition) is 2. The van der Waals surface area contributed by atoms with Gasteiger partial charge in [-0.2, -0.15) is 13.2 Å². The van der Waals surface area contributed by atoms with Gasteiger partial charge in [0.1, 0.15) is 6.54 Å². The van der Waals surface area contributed by atoms with Gasteiger partial charge in [-0.25, -0.2) is 0 Å². The van der Waals surface area contributed by atoms with Crippen LogP contribution in [-0.4, -0.2) is 41.1 Å². The van der Waals surface area contributed by atoms with Gasteiger partial charge in [0.25, 0.3) is 11.8 Å². The molecule has 0 fully saturated rings. The molecule has 0 unspecified atom stereocenters. The normalized spacial score (nSPS) is 20.2. The van der Waals surface area contributed by atoms with E-state index < -0.39 is 36.8 Å². The molecule has 5 nitrogen and oxygen atoms in total. The molecule has 8 heteroatoms. The lowest BCUT2D eigenvalue weighted by Crippen LogP contribution is -2.37. The van der Waals surface area contributed by atoms with Crippen LogP contribution >= 0.6 is 0 Å². The zero-order valence-electron chi connectivity index (χ0n) is 13.5. The monoisotopic (exact) mass is 354 g/mol. The number of carbonyl (C=O) groups excluding carboxylic acids is 2. The lowest BCUT2D eigenvalue weighted by molar-refractivity contribution is -0.157. The highest BCUT2D eigenvalue weighted by atomic mass is 19.4. The van der Waals surface area contributed by atoms with Crippen LogP contribution in [0.5, 0.6) is 0 Å². The Labute approximate surface area is 142 Å². The summed E-state index contributed by atoms with van der Waals surface area (Å²) in [5, 5.41) is 12.5. The molecular weight excluding hydrogens is 337 g/mol. The van der Waals surface area contributed by atoms with E-state index in [0.717, 1.165) is 23.1 Å². The van der Waals surface area contributed by atoms with Crippen LogP contribution in [0.25, 0.3) is 0 Å². The van der Waals surface area contributed by atoms with Gasteiger partial charge in [-0.3, -0.25) is 9.59 Å². The molecular formula is C17H17F3N2O3. The first kappa shape index (κ1) is 17.3. The zero-order chi connectivity index (χ0) is 18.4. The summed E-state index contributed by atoms with van der Waals surface area (Å²) in [6.45, 7) is -0.127. The molecule has 2 amide bonds. The molecule has 0 saturated carbocycles. The Kier molecular flexibility index (Phi) is 4.22. The van der Waals surface area contributed by atoms with Crippen molar-refractivity contribution >= 4 is 11.8 Å². The SMILES string of the molecule is Cc1ccc2c(c1)[C@H](NC(=O)C1=C(O)C(=O)N(CC(F)(F)F)C1)CC2. The summed E-state index contributed by atoms with van der Waals surface area (Å²) in [4.78, 5) is 24.5. The van der Waals surface area contributed by atoms with Crippen LogP contribution in [0.15, 0.2) is 29.5 Å². The molecule has 0 aromatic heterocycles. The van der Waals surface area contributed by atoms with E-state index in [1.54, 1.807) is 0 Å². The number of benzene rings is 1. The van der Waals surface area contributed by atoms with Crippen LogP contribution in [0.1, 0.15) is 29.2 Å². The van der Waals surface area contributed by atoms with Gasteiger partial charge in [-0.05, 0) is 30.9 Å². The molecule has 1 aliphatic heterocycles. The fourth-order valence-corrected chi connectivity index (χ4v) is 3.26. The van der Waals surface area contributed by atoms with Crippen molar-refractivity contribution in [2.24, 2.45) is 0 Å². The van der Waals surface area contributed by atoms with Gasteiger partial charge >= 0.3 is 6.18 Å². The minimum absolute atomic E-state index is 0.283. The van der Waals surface area contributed by atoms with Crippen LogP contribution in [-0.2, 0) is 16.0 Å². The standard InChI is InChI=1S/C17H17F3N2O3/c1-9-2-3-10-4-5-13(11(10)6-9)21-15(24)12-7-22(8-17(18,19)20)16(25)14(12)23/h2-3,6,13,23H,4-5,7-8H2,1H3,(H,21,24)/t13-/m1/s1. The highest BCUT2D eigenvalue weighted by molar-refractivity contribution is 6.07. The number of carbonyl (C=O) groups is 2. The van der Waals surface area contributed by atoms with E-state index in [1.165, 1.54) is 0 Å². The first-order valence-corrected chi connectivity index (χ1v) is 7.84. The Morgan fingerprint density at radius 2 is 2.12 bits per heavy atom. The fraction of sp³-hybridized carbons (Fsp3) is 0.412. The third kappa shape index (κ3) is 3.47. The third-order valence-electron chi connectivity index (χ3n) is 4.45. The van der Waals surface area contributed by atoms with Crippen LogP contribution in [0.4, 0.5) is 13.2 Å². The highest BCUT2D eigenvalue weighted by Gasteiger charge is 2.41. The van der Waals surface area contributed by atoms with Crippen molar-refractivity contribution in [1.29, 1.82) is 0 Å². The lowest BCUT2D eigenvalue weighted by Gasteiger charge is -2.18. The van der Waals surface area contributed by atoms with Gasteiger partial charge in [0, 0.05) is 0 Å². The number of aryl methyl sites for hydroxylation is 2. The predicted octanol–water partition coefficient (Wildman–Crippen LogP) is 2.32. The smallest absolute Gasteiger partial charge is 0.406 e. The molecule has 1 atom stereocenters. The van der Waals surface area contributed by atoms with Gasteiger partial charge in [-0.15, -0.1) is 0 Å². The molecule has 2 aliphatic rings. The van der Waals surface area contributed by atoms with Crippen LogP contribution in [0.2, 0.25) is 0 Å². The second-order valence-corrected chi connectivity index (χ2v) is 6.37. The van der Waals surface area contributed by atoms with E-state index in [4.69, 9.17) is 0 Å². The van der Waals surface area contributed by atoms with Crippen LogP contribution in [0.3, 0.4) is 0 Å². The number of aliphatic hydroxyl groups is 1. The molecule has 2 N–H and O–H groups in total. The first-order chi connectivity index (χ1) is 11.7. The number of amides is 2. The van der Waals surface area contributed by atoms with Crippen molar-refractivity contribution in [3.63, 3.8) is 0 Å². The Hall–Kier alpha value is -2.51. The molecule has 3 rings (SSSR count). The first-order valence-electron chi connectivity index (χ1n) is 7.84. The Morgan fingerprint density at radius 1 is 1.40 bits per heavy atom. The molecule has 0 bridgehead atoms. The van der Waals surface area contributed by atoms with Gasteiger partial charge in [0.05, 0.1) is 18.2 Å². The molecule has 0 saturated heterocycles. The molecule has 25 heavy (non-hydrogen) atoms. The highest BCUT2D eigenvalue weighted by Crippen LogP contribution is 2.32. The third-order valence-corrected chi connectivity index (χ3v) is 4.45. The number of fused-ring (bicyclic) bond motifs is 1. The summed E-state index contributed by atoms with van der Waals surface area (Å²) in [7, 11) is 0. The number of alkyl halides is 3. The van der Waals surface area contributed by atoms with E-state index >= 15 is 0 Å². The second-order valence-electron chi connectivity index (χ2n) is 6.37. The zero-order valence-corrected chi connectivity index (χ0v) is 13.5. The van der Waals surface area contributed by atoms with Gasteiger partial charge in [0.15, 0.2) is 5.76 Å². The minimum atomic E-state index is -4.59. The van der Waals surface area contributed by atoms with E-state index in [1.807, 2.05) is 25.1 Å².